The van der Waals surface area contributed by atoms with Crippen LogP contribution in [0.1, 0.15) is 24.3 Å². The molecular weight excluding hydrogens is 267 g/mol. The summed E-state index contributed by atoms with van der Waals surface area (Å²) in [5.74, 6) is -0.476. The molecule has 0 amide bonds. The summed E-state index contributed by atoms with van der Waals surface area (Å²) in [5, 5.41) is 0. The van der Waals surface area contributed by atoms with E-state index in [1.54, 1.807) is 6.07 Å². The van der Waals surface area contributed by atoms with Crippen LogP contribution in [0.15, 0.2) is 35.7 Å². The number of hydrogen-bond acceptors (Lipinski definition) is 3. The van der Waals surface area contributed by atoms with Gasteiger partial charge in [0.25, 0.3) is 0 Å². The highest BCUT2D eigenvalue weighted by Crippen LogP contribution is 2.40. The van der Waals surface area contributed by atoms with E-state index in [0.717, 1.165) is 18.4 Å². The van der Waals surface area contributed by atoms with E-state index in [0.29, 0.717) is 12.5 Å². The summed E-state index contributed by atoms with van der Waals surface area (Å²) in [4.78, 5) is -0.237. The Morgan fingerprint density at radius 3 is 2.74 bits per heavy atom. The normalized spacial score (nSPS) is 15.4. The van der Waals surface area contributed by atoms with Crippen molar-refractivity contribution in [3.63, 3.8) is 0 Å². The second kappa shape index (κ2) is 5.84. The molecule has 0 bridgehead atoms. The highest BCUT2D eigenvalue weighted by Gasteiger charge is 2.26. The number of benzene rings is 1. The molecule has 1 saturated carbocycles. The van der Waals surface area contributed by atoms with E-state index in [1.165, 1.54) is 18.2 Å². The monoisotopic (exact) mass is 284 g/mol. The van der Waals surface area contributed by atoms with E-state index >= 15 is 0 Å². The highest BCUT2D eigenvalue weighted by molar-refractivity contribution is 7.91. The van der Waals surface area contributed by atoms with Crippen molar-refractivity contribution in [3.05, 3.63) is 42.2 Å². The first-order chi connectivity index (χ1) is 9.04. The smallest absolute Gasteiger partial charge is 0.183 e. The van der Waals surface area contributed by atoms with Crippen LogP contribution >= 0.6 is 0 Å². The molecule has 0 heterocycles. The third-order valence-corrected chi connectivity index (χ3v) is 4.78. The Labute approximate surface area is 113 Å². The molecular formula is C14H17FO3S. The Balaban J connectivity index is 2.08. The minimum Gasteiger partial charge on any atom is -0.376 e. The molecule has 2 rings (SSSR count). The van der Waals surface area contributed by atoms with Gasteiger partial charge in [0.2, 0.25) is 0 Å². The molecule has 0 radical (unpaired) electrons. The average Bonchev–Trinajstić information content (AvgIpc) is 3.18. The number of sulfone groups is 1. The predicted molar refractivity (Wildman–Crippen MR) is 71.4 cm³/mol. The summed E-state index contributed by atoms with van der Waals surface area (Å²) in [7, 11) is -3.63. The topological polar surface area (TPSA) is 43.4 Å². The molecule has 1 aliphatic carbocycles. The summed E-state index contributed by atoms with van der Waals surface area (Å²) in [6.45, 7) is 3.79. The molecule has 1 aromatic carbocycles. The highest BCUT2D eigenvalue weighted by atomic mass is 32.2. The van der Waals surface area contributed by atoms with Gasteiger partial charge in [-0.15, -0.1) is 6.58 Å². The number of halogens is 1. The van der Waals surface area contributed by atoms with E-state index < -0.39 is 15.7 Å². The van der Waals surface area contributed by atoms with Crippen molar-refractivity contribution in [3.8, 4) is 0 Å². The summed E-state index contributed by atoms with van der Waals surface area (Å²) < 4.78 is 42.8. The number of ether oxygens (including phenoxy) is 1. The largest absolute Gasteiger partial charge is 0.376 e. The van der Waals surface area contributed by atoms with Gasteiger partial charge >= 0.3 is 0 Å². The molecule has 19 heavy (non-hydrogen) atoms. The van der Waals surface area contributed by atoms with E-state index in [1.807, 2.05) is 0 Å². The second-order valence-corrected chi connectivity index (χ2v) is 6.72. The fourth-order valence-electron chi connectivity index (χ4n) is 1.89. The molecule has 1 fully saturated rings. The van der Waals surface area contributed by atoms with Crippen LogP contribution in [-0.4, -0.2) is 27.4 Å². The second-order valence-electron chi connectivity index (χ2n) is 4.65. The quantitative estimate of drug-likeness (QED) is 0.571. The first-order valence-corrected chi connectivity index (χ1v) is 7.90. The van der Waals surface area contributed by atoms with Crippen molar-refractivity contribution < 1.29 is 17.5 Å². The van der Waals surface area contributed by atoms with Gasteiger partial charge < -0.3 is 4.74 Å². The molecule has 5 heteroatoms. The average molecular weight is 284 g/mol. The van der Waals surface area contributed by atoms with Gasteiger partial charge in [0, 0.05) is 0 Å². The number of rotatable bonds is 7. The fraction of sp³-hybridized carbons (Fsp3) is 0.429. The van der Waals surface area contributed by atoms with Crippen molar-refractivity contribution in [2.45, 2.75) is 23.7 Å². The molecule has 1 aromatic rings. The van der Waals surface area contributed by atoms with Gasteiger partial charge in [0.05, 0.1) is 19.0 Å². The van der Waals surface area contributed by atoms with Gasteiger partial charge in [-0.3, -0.25) is 0 Å². The summed E-state index contributed by atoms with van der Waals surface area (Å²) in [5.41, 5.74) is 0.888. The van der Waals surface area contributed by atoms with Crippen LogP contribution in [0.3, 0.4) is 0 Å². The Hall–Kier alpha value is -1.20. The SMILES string of the molecule is C=CCOCCS(=O)(=O)c1ccc(C2CC2)cc1F. The molecule has 1 aliphatic rings. The van der Waals surface area contributed by atoms with Gasteiger partial charge in [0.1, 0.15) is 10.7 Å². The number of hydrogen-bond donors (Lipinski definition) is 0. The Morgan fingerprint density at radius 1 is 1.42 bits per heavy atom. The molecule has 0 saturated heterocycles. The van der Waals surface area contributed by atoms with Crippen molar-refractivity contribution in [1.29, 1.82) is 0 Å². The zero-order chi connectivity index (χ0) is 13.9. The van der Waals surface area contributed by atoms with Gasteiger partial charge in [-0.2, -0.15) is 0 Å². The molecule has 104 valence electrons. The fourth-order valence-corrected chi connectivity index (χ4v) is 3.07. The standard InChI is InChI=1S/C14H17FO3S/c1-2-7-18-8-9-19(16,17)14-6-5-12(10-13(14)15)11-3-4-11/h2,5-6,10-11H,1,3-4,7-9H2. The maximum atomic E-state index is 13.9. The summed E-state index contributed by atoms with van der Waals surface area (Å²) in [6.07, 6.45) is 3.65. The van der Waals surface area contributed by atoms with Crippen molar-refractivity contribution >= 4 is 9.84 Å². The molecule has 0 aromatic heterocycles. The summed E-state index contributed by atoms with van der Waals surface area (Å²) in [6, 6.07) is 4.42. The van der Waals surface area contributed by atoms with Crippen LogP contribution in [0.2, 0.25) is 0 Å². The zero-order valence-electron chi connectivity index (χ0n) is 10.6. The van der Waals surface area contributed by atoms with Gasteiger partial charge in [-0.1, -0.05) is 12.1 Å². The molecule has 0 unspecified atom stereocenters. The third-order valence-electron chi connectivity index (χ3n) is 3.07. The summed E-state index contributed by atoms with van der Waals surface area (Å²) >= 11 is 0. The maximum absolute atomic E-state index is 13.9. The first-order valence-electron chi connectivity index (χ1n) is 6.25. The van der Waals surface area contributed by atoms with Crippen molar-refractivity contribution in [2.24, 2.45) is 0 Å². The van der Waals surface area contributed by atoms with Crippen LogP contribution in [0.25, 0.3) is 0 Å². The van der Waals surface area contributed by atoms with Crippen LogP contribution in [0.4, 0.5) is 4.39 Å². The van der Waals surface area contributed by atoms with E-state index in [4.69, 9.17) is 4.74 Å². The molecule has 0 N–H and O–H groups in total. The lowest BCUT2D eigenvalue weighted by atomic mass is 10.1. The van der Waals surface area contributed by atoms with Crippen molar-refractivity contribution in [2.75, 3.05) is 19.0 Å². The van der Waals surface area contributed by atoms with E-state index in [9.17, 15) is 12.8 Å². The van der Waals surface area contributed by atoms with Gasteiger partial charge in [0.15, 0.2) is 9.84 Å². The van der Waals surface area contributed by atoms with Crippen LogP contribution in [-0.2, 0) is 14.6 Å². The Morgan fingerprint density at radius 2 is 2.16 bits per heavy atom. The molecule has 3 nitrogen and oxygen atoms in total. The molecule has 0 aliphatic heterocycles. The zero-order valence-corrected chi connectivity index (χ0v) is 11.5. The van der Waals surface area contributed by atoms with Crippen molar-refractivity contribution in [1.82, 2.24) is 0 Å². The lowest BCUT2D eigenvalue weighted by Gasteiger charge is -2.07. The van der Waals surface area contributed by atoms with Crippen LogP contribution in [0.5, 0.6) is 0 Å². The van der Waals surface area contributed by atoms with E-state index in [-0.39, 0.29) is 17.3 Å². The lowest BCUT2D eigenvalue weighted by molar-refractivity contribution is 0.179. The minimum absolute atomic E-state index is 0.0399. The van der Waals surface area contributed by atoms with E-state index in [2.05, 4.69) is 6.58 Å². The maximum Gasteiger partial charge on any atom is 0.183 e. The van der Waals surface area contributed by atoms with Crippen LogP contribution < -0.4 is 0 Å². The molecule has 0 atom stereocenters. The third kappa shape index (κ3) is 3.64. The Kier molecular flexibility index (Phi) is 4.37. The van der Waals surface area contributed by atoms with Gasteiger partial charge in [-0.05, 0) is 36.5 Å². The Bertz CT molecular complexity index is 562. The van der Waals surface area contributed by atoms with Gasteiger partial charge in [-0.25, -0.2) is 12.8 Å². The molecule has 0 spiro atoms. The first kappa shape index (κ1) is 14.2. The van der Waals surface area contributed by atoms with Crippen LogP contribution in [0, 0.1) is 5.82 Å². The lowest BCUT2D eigenvalue weighted by Crippen LogP contribution is -2.14. The predicted octanol–water partition coefficient (Wildman–Crippen LogP) is 2.68. The minimum atomic E-state index is -3.63.